The first kappa shape index (κ1) is 14.8. The molecule has 114 valence electrons. The van der Waals surface area contributed by atoms with E-state index >= 15 is 0 Å². The van der Waals surface area contributed by atoms with Gasteiger partial charge in [-0.05, 0) is 36.4 Å². The van der Waals surface area contributed by atoms with Crippen LogP contribution in [0.4, 0.5) is 11.5 Å². The molecule has 1 saturated heterocycles. The van der Waals surface area contributed by atoms with Crippen molar-refractivity contribution in [1.29, 1.82) is 0 Å². The van der Waals surface area contributed by atoms with E-state index in [4.69, 9.17) is 16.3 Å². The maximum atomic E-state index is 12.3. The van der Waals surface area contributed by atoms with Gasteiger partial charge in [0, 0.05) is 30.0 Å². The van der Waals surface area contributed by atoms with Crippen molar-refractivity contribution in [2.75, 3.05) is 31.6 Å². The zero-order chi connectivity index (χ0) is 15.4. The van der Waals surface area contributed by atoms with Gasteiger partial charge < -0.3 is 15.0 Å². The number of carbonyl (C=O) groups excluding carboxylic acids is 1. The molecular weight excluding hydrogens is 302 g/mol. The molecule has 2 heterocycles. The lowest BCUT2D eigenvalue weighted by Gasteiger charge is -2.26. The molecule has 0 saturated carbocycles. The first-order chi connectivity index (χ1) is 10.7. The quantitative estimate of drug-likeness (QED) is 0.945. The number of anilines is 2. The van der Waals surface area contributed by atoms with Crippen LogP contribution in [-0.2, 0) is 4.74 Å². The highest BCUT2D eigenvalue weighted by atomic mass is 35.5. The number of aromatic nitrogens is 1. The fourth-order valence-electron chi connectivity index (χ4n) is 2.22. The topological polar surface area (TPSA) is 54.5 Å². The Kier molecular flexibility index (Phi) is 4.56. The lowest BCUT2D eigenvalue weighted by molar-refractivity contribution is 0.0302. The lowest BCUT2D eigenvalue weighted by atomic mass is 10.2. The number of nitrogens with zero attached hydrogens (tertiary/aromatic N) is 2. The summed E-state index contributed by atoms with van der Waals surface area (Å²) in [5.74, 6) is 0.676. The second kappa shape index (κ2) is 6.77. The fraction of sp³-hybridized carbons (Fsp3) is 0.250. The van der Waals surface area contributed by atoms with Gasteiger partial charge in [0.25, 0.3) is 5.91 Å². The van der Waals surface area contributed by atoms with E-state index in [1.54, 1.807) is 35.4 Å². The second-order valence-corrected chi connectivity index (χ2v) is 5.41. The average molecular weight is 318 g/mol. The zero-order valence-corrected chi connectivity index (χ0v) is 12.7. The molecule has 1 N–H and O–H groups in total. The summed E-state index contributed by atoms with van der Waals surface area (Å²) in [5, 5.41) is 3.85. The Morgan fingerprint density at radius 1 is 1.14 bits per heavy atom. The standard InChI is InChI=1S/C16H16ClN3O2/c17-13-2-4-14(5-3-13)19-15-6-1-12(11-18-15)16(21)20-7-9-22-10-8-20/h1-6,11H,7-10H2,(H,18,19). The second-order valence-electron chi connectivity index (χ2n) is 4.97. The van der Waals surface area contributed by atoms with Gasteiger partial charge in [-0.2, -0.15) is 0 Å². The third-order valence-corrected chi connectivity index (χ3v) is 3.68. The van der Waals surface area contributed by atoms with Gasteiger partial charge in [-0.15, -0.1) is 0 Å². The van der Waals surface area contributed by atoms with E-state index in [0.29, 0.717) is 42.7 Å². The highest BCUT2D eigenvalue weighted by Crippen LogP contribution is 2.18. The molecule has 0 atom stereocenters. The maximum absolute atomic E-state index is 12.3. The van der Waals surface area contributed by atoms with E-state index in [1.165, 1.54) is 0 Å². The van der Waals surface area contributed by atoms with E-state index in [9.17, 15) is 4.79 Å². The van der Waals surface area contributed by atoms with Crippen molar-refractivity contribution in [3.05, 3.63) is 53.2 Å². The molecule has 0 aliphatic carbocycles. The van der Waals surface area contributed by atoms with Crippen LogP contribution in [0, 0.1) is 0 Å². The summed E-state index contributed by atoms with van der Waals surface area (Å²) in [6.45, 7) is 2.44. The molecule has 3 rings (SSSR count). The highest BCUT2D eigenvalue weighted by molar-refractivity contribution is 6.30. The fourth-order valence-corrected chi connectivity index (χ4v) is 2.35. The van der Waals surface area contributed by atoms with Gasteiger partial charge in [0.2, 0.25) is 0 Å². The molecule has 1 fully saturated rings. The molecule has 0 radical (unpaired) electrons. The van der Waals surface area contributed by atoms with Crippen LogP contribution < -0.4 is 5.32 Å². The Labute approximate surface area is 133 Å². The van der Waals surface area contributed by atoms with Crippen LogP contribution in [0.5, 0.6) is 0 Å². The van der Waals surface area contributed by atoms with Crippen molar-refractivity contribution in [1.82, 2.24) is 9.88 Å². The van der Waals surface area contributed by atoms with Gasteiger partial charge in [-0.1, -0.05) is 11.6 Å². The molecule has 0 bridgehead atoms. The predicted octanol–water partition coefficient (Wildman–Crippen LogP) is 2.95. The minimum absolute atomic E-state index is 0.00570. The number of amides is 1. The summed E-state index contributed by atoms with van der Waals surface area (Å²) in [7, 11) is 0. The minimum Gasteiger partial charge on any atom is -0.378 e. The van der Waals surface area contributed by atoms with E-state index in [-0.39, 0.29) is 5.91 Å². The van der Waals surface area contributed by atoms with Crippen LogP contribution in [0.15, 0.2) is 42.6 Å². The predicted molar refractivity (Wildman–Crippen MR) is 85.7 cm³/mol. The summed E-state index contributed by atoms with van der Waals surface area (Å²) in [6, 6.07) is 10.9. The lowest BCUT2D eigenvalue weighted by Crippen LogP contribution is -2.40. The summed E-state index contributed by atoms with van der Waals surface area (Å²) in [6.07, 6.45) is 1.59. The van der Waals surface area contributed by atoms with Crippen molar-refractivity contribution >= 4 is 29.0 Å². The largest absolute Gasteiger partial charge is 0.378 e. The molecule has 22 heavy (non-hydrogen) atoms. The molecular formula is C16H16ClN3O2. The van der Waals surface area contributed by atoms with Crippen LogP contribution >= 0.6 is 11.6 Å². The number of ether oxygens (including phenoxy) is 1. The number of morpholine rings is 1. The average Bonchev–Trinajstić information content (AvgIpc) is 2.58. The summed E-state index contributed by atoms with van der Waals surface area (Å²) in [4.78, 5) is 18.4. The summed E-state index contributed by atoms with van der Waals surface area (Å²) < 4.78 is 5.25. The minimum atomic E-state index is -0.00570. The first-order valence-corrected chi connectivity index (χ1v) is 7.46. The van der Waals surface area contributed by atoms with Gasteiger partial charge in [0.15, 0.2) is 0 Å². The Morgan fingerprint density at radius 3 is 2.50 bits per heavy atom. The number of halogens is 1. The van der Waals surface area contributed by atoms with Crippen molar-refractivity contribution in [3.63, 3.8) is 0 Å². The number of hydrogen-bond donors (Lipinski definition) is 1. The maximum Gasteiger partial charge on any atom is 0.255 e. The molecule has 1 amide bonds. The monoisotopic (exact) mass is 317 g/mol. The first-order valence-electron chi connectivity index (χ1n) is 7.08. The van der Waals surface area contributed by atoms with Crippen molar-refractivity contribution < 1.29 is 9.53 Å². The van der Waals surface area contributed by atoms with Gasteiger partial charge in [-0.3, -0.25) is 4.79 Å². The normalized spacial score (nSPS) is 14.7. The smallest absolute Gasteiger partial charge is 0.255 e. The van der Waals surface area contributed by atoms with Gasteiger partial charge in [0.05, 0.1) is 18.8 Å². The number of hydrogen-bond acceptors (Lipinski definition) is 4. The van der Waals surface area contributed by atoms with Crippen molar-refractivity contribution in [2.24, 2.45) is 0 Å². The molecule has 1 aromatic carbocycles. The third kappa shape index (κ3) is 3.55. The Morgan fingerprint density at radius 2 is 1.86 bits per heavy atom. The molecule has 0 spiro atoms. The molecule has 1 aliphatic rings. The van der Waals surface area contributed by atoms with Crippen LogP contribution in [-0.4, -0.2) is 42.1 Å². The number of nitrogens with one attached hydrogen (secondary N) is 1. The summed E-state index contributed by atoms with van der Waals surface area (Å²) in [5.41, 5.74) is 1.48. The van der Waals surface area contributed by atoms with E-state index in [1.807, 2.05) is 12.1 Å². The molecule has 1 aromatic heterocycles. The Bertz CT molecular complexity index is 637. The van der Waals surface area contributed by atoms with Crippen LogP contribution in [0.25, 0.3) is 0 Å². The molecule has 6 heteroatoms. The van der Waals surface area contributed by atoms with Crippen LogP contribution in [0.2, 0.25) is 5.02 Å². The van der Waals surface area contributed by atoms with E-state index in [0.717, 1.165) is 5.69 Å². The van der Waals surface area contributed by atoms with Gasteiger partial charge in [0.1, 0.15) is 5.82 Å². The molecule has 2 aromatic rings. The van der Waals surface area contributed by atoms with E-state index in [2.05, 4.69) is 10.3 Å². The number of pyridine rings is 1. The summed E-state index contributed by atoms with van der Waals surface area (Å²) >= 11 is 5.85. The Balaban J connectivity index is 1.66. The zero-order valence-electron chi connectivity index (χ0n) is 12.0. The van der Waals surface area contributed by atoms with Crippen LogP contribution in [0.1, 0.15) is 10.4 Å². The highest BCUT2D eigenvalue weighted by Gasteiger charge is 2.18. The number of carbonyl (C=O) groups is 1. The number of rotatable bonds is 3. The third-order valence-electron chi connectivity index (χ3n) is 3.43. The van der Waals surface area contributed by atoms with Crippen LogP contribution in [0.3, 0.4) is 0 Å². The SMILES string of the molecule is O=C(c1ccc(Nc2ccc(Cl)cc2)nc1)N1CCOCC1. The molecule has 1 aliphatic heterocycles. The Hall–Kier alpha value is -2.11. The van der Waals surface area contributed by atoms with Gasteiger partial charge in [-0.25, -0.2) is 4.98 Å². The molecule has 0 unspecified atom stereocenters. The van der Waals surface area contributed by atoms with Gasteiger partial charge >= 0.3 is 0 Å². The van der Waals surface area contributed by atoms with Crippen molar-refractivity contribution in [2.45, 2.75) is 0 Å². The number of benzene rings is 1. The van der Waals surface area contributed by atoms with E-state index < -0.39 is 0 Å². The van der Waals surface area contributed by atoms with Crippen molar-refractivity contribution in [3.8, 4) is 0 Å². The molecule has 5 nitrogen and oxygen atoms in total.